The molecule has 0 spiro atoms. The molecule has 0 aromatic heterocycles. The van der Waals surface area contributed by atoms with Gasteiger partial charge >= 0.3 is 0 Å². The molecule has 0 aliphatic carbocycles. The second kappa shape index (κ2) is 10.3. The molecule has 0 radical (unpaired) electrons. The predicted octanol–water partition coefficient (Wildman–Crippen LogP) is 0.283. The van der Waals surface area contributed by atoms with E-state index in [1.807, 2.05) is 0 Å². The summed E-state index contributed by atoms with van der Waals surface area (Å²) in [6.45, 7) is 1.04. The standard InChI is InChI=1S/C19H22N6O5S/c1-12(26)17(19(28)23-15-6-3-5-14(20)11-15)25-24-16-7-2-4-13(10-16)18(27)22-8-9-31(21,29)30/h2-7,10-11,24H,8-9,20H2,1H3,(H,22,27)(H,23,28)(H2,21,29,30)/b25-17-. The van der Waals surface area contributed by atoms with E-state index in [1.54, 1.807) is 30.3 Å². The van der Waals surface area contributed by atoms with Crippen molar-refractivity contribution >= 4 is 50.4 Å². The zero-order valence-corrected chi connectivity index (χ0v) is 17.4. The number of anilines is 3. The Morgan fingerprint density at radius 3 is 2.35 bits per heavy atom. The fraction of sp³-hybridized carbons (Fsp3) is 0.158. The van der Waals surface area contributed by atoms with Gasteiger partial charge in [-0.15, -0.1) is 0 Å². The Labute approximate surface area is 178 Å². The summed E-state index contributed by atoms with van der Waals surface area (Å²) in [5.41, 5.74) is 9.23. The van der Waals surface area contributed by atoms with Crippen LogP contribution in [0.15, 0.2) is 53.6 Å². The van der Waals surface area contributed by atoms with Crippen molar-refractivity contribution in [2.45, 2.75) is 6.92 Å². The van der Waals surface area contributed by atoms with Gasteiger partial charge in [0.05, 0.1) is 11.4 Å². The third kappa shape index (κ3) is 7.87. The topological polar surface area (TPSA) is 186 Å². The van der Waals surface area contributed by atoms with Gasteiger partial charge in [-0.1, -0.05) is 12.1 Å². The number of hydrazone groups is 1. The molecular formula is C19H22N6O5S. The minimum atomic E-state index is -3.69. The summed E-state index contributed by atoms with van der Waals surface area (Å²) in [5, 5.41) is 13.7. The van der Waals surface area contributed by atoms with Crippen molar-refractivity contribution in [1.82, 2.24) is 5.32 Å². The Hall–Kier alpha value is -3.77. The number of hydrogen-bond donors (Lipinski definition) is 5. The third-order valence-electron chi connectivity index (χ3n) is 3.79. The molecule has 2 rings (SSSR count). The highest BCUT2D eigenvalue weighted by atomic mass is 32.2. The van der Waals surface area contributed by atoms with Gasteiger partial charge in [0.25, 0.3) is 11.8 Å². The summed E-state index contributed by atoms with van der Waals surface area (Å²) in [6.07, 6.45) is 0. The number of nitrogens with one attached hydrogen (secondary N) is 3. The van der Waals surface area contributed by atoms with E-state index in [0.717, 1.165) is 0 Å². The fourth-order valence-electron chi connectivity index (χ4n) is 2.36. The smallest absolute Gasteiger partial charge is 0.279 e. The van der Waals surface area contributed by atoms with Crippen molar-refractivity contribution in [1.29, 1.82) is 0 Å². The van der Waals surface area contributed by atoms with Gasteiger partial charge < -0.3 is 16.4 Å². The first kappa shape index (κ1) is 23.5. The van der Waals surface area contributed by atoms with Crippen LogP contribution in [0.2, 0.25) is 0 Å². The van der Waals surface area contributed by atoms with Gasteiger partial charge in [-0.2, -0.15) is 5.10 Å². The normalized spacial score (nSPS) is 11.5. The van der Waals surface area contributed by atoms with Crippen LogP contribution in [0, 0.1) is 0 Å². The molecule has 0 fully saturated rings. The number of sulfonamides is 1. The van der Waals surface area contributed by atoms with E-state index in [9.17, 15) is 22.8 Å². The minimum Gasteiger partial charge on any atom is -0.399 e. The van der Waals surface area contributed by atoms with Gasteiger partial charge in [-0.25, -0.2) is 13.6 Å². The van der Waals surface area contributed by atoms with Crippen LogP contribution in [0.3, 0.4) is 0 Å². The molecule has 164 valence electrons. The molecule has 0 aliphatic rings. The highest BCUT2D eigenvalue weighted by Crippen LogP contribution is 2.13. The van der Waals surface area contributed by atoms with E-state index in [1.165, 1.54) is 25.1 Å². The van der Waals surface area contributed by atoms with Crippen LogP contribution in [-0.4, -0.2) is 44.0 Å². The molecular weight excluding hydrogens is 424 g/mol. The Morgan fingerprint density at radius 1 is 1.03 bits per heavy atom. The first-order chi connectivity index (χ1) is 14.5. The second-order valence-corrected chi connectivity index (χ2v) is 8.15. The van der Waals surface area contributed by atoms with Gasteiger partial charge in [0.2, 0.25) is 10.0 Å². The van der Waals surface area contributed by atoms with Gasteiger partial charge in [-0.05, 0) is 36.4 Å². The monoisotopic (exact) mass is 446 g/mol. The average Bonchev–Trinajstić information content (AvgIpc) is 2.67. The number of nitrogen functional groups attached to an aromatic ring is 1. The van der Waals surface area contributed by atoms with Crippen molar-refractivity contribution < 1.29 is 22.8 Å². The van der Waals surface area contributed by atoms with Crippen molar-refractivity contribution in [3.63, 3.8) is 0 Å². The van der Waals surface area contributed by atoms with E-state index < -0.39 is 33.4 Å². The number of ketones is 1. The highest BCUT2D eigenvalue weighted by Gasteiger charge is 2.17. The highest BCUT2D eigenvalue weighted by molar-refractivity contribution is 7.89. The van der Waals surface area contributed by atoms with E-state index in [0.29, 0.717) is 17.1 Å². The number of primary sulfonamides is 1. The van der Waals surface area contributed by atoms with Crippen molar-refractivity contribution in [2.24, 2.45) is 10.2 Å². The molecule has 0 saturated carbocycles. The van der Waals surface area contributed by atoms with Crippen LogP contribution < -0.4 is 26.9 Å². The molecule has 31 heavy (non-hydrogen) atoms. The van der Waals surface area contributed by atoms with Crippen molar-refractivity contribution in [3.8, 4) is 0 Å². The lowest BCUT2D eigenvalue weighted by Crippen LogP contribution is -2.31. The quantitative estimate of drug-likeness (QED) is 0.158. The van der Waals surface area contributed by atoms with Crippen LogP contribution in [0.1, 0.15) is 17.3 Å². The van der Waals surface area contributed by atoms with Gasteiger partial charge in [0.15, 0.2) is 11.5 Å². The van der Waals surface area contributed by atoms with Gasteiger partial charge in [0.1, 0.15) is 0 Å². The zero-order valence-electron chi connectivity index (χ0n) is 16.6. The average molecular weight is 446 g/mol. The minimum absolute atomic E-state index is 0.147. The van der Waals surface area contributed by atoms with E-state index >= 15 is 0 Å². The molecule has 0 unspecified atom stereocenters. The summed E-state index contributed by atoms with van der Waals surface area (Å²) in [5.74, 6) is -2.23. The van der Waals surface area contributed by atoms with Crippen LogP contribution >= 0.6 is 0 Å². The summed E-state index contributed by atoms with van der Waals surface area (Å²) in [6, 6.07) is 12.5. The summed E-state index contributed by atoms with van der Waals surface area (Å²) in [4.78, 5) is 36.4. The molecule has 0 heterocycles. The number of hydrogen-bond acceptors (Lipinski definition) is 8. The third-order valence-corrected chi connectivity index (χ3v) is 4.56. The predicted molar refractivity (Wildman–Crippen MR) is 118 cm³/mol. The first-order valence-electron chi connectivity index (χ1n) is 8.95. The molecule has 11 nitrogen and oxygen atoms in total. The number of rotatable bonds is 9. The molecule has 2 aromatic rings. The molecule has 0 saturated heterocycles. The lowest BCUT2D eigenvalue weighted by atomic mass is 10.2. The molecule has 0 aliphatic heterocycles. The summed E-state index contributed by atoms with van der Waals surface area (Å²) < 4.78 is 21.9. The number of Topliss-reactive ketones (excluding diaryl/α,β-unsaturated/α-hetero) is 1. The Balaban J connectivity index is 2.08. The lowest BCUT2D eigenvalue weighted by molar-refractivity contribution is -0.114. The summed E-state index contributed by atoms with van der Waals surface area (Å²) in [7, 11) is -3.69. The lowest BCUT2D eigenvalue weighted by Gasteiger charge is -2.09. The molecule has 12 heteroatoms. The van der Waals surface area contributed by atoms with Crippen molar-refractivity contribution in [3.05, 3.63) is 54.1 Å². The van der Waals surface area contributed by atoms with E-state index in [2.05, 4.69) is 21.2 Å². The van der Waals surface area contributed by atoms with Crippen molar-refractivity contribution in [2.75, 3.05) is 28.8 Å². The molecule has 0 bridgehead atoms. The SMILES string of the molecule is CC(=O)/C(=N/Nc1cccc(C(=O)NCCS(N)(=O)=O)c1)C(=O)Nc1cccc(N)c1. The number of benzene rings is 2. The molecule has 7 N–H and O–H groups in total. The molecule has 2 amide bonds. The summed E-state index contributed by atoms with van der Waals surface area (Å²) >= 11 is 0. The van der Waals surface area contributed by atoms with Crippen LogP contribution in [0.5, 0.6) is 0 Å². The number of carbonyl (C=O) groups is 3. The molecule has 2 aromatic carbocycles. The Bertz CT molecular complexity index is 1130. The largest absolute Gasteiger partial charge is 0.399 e. The van der Waals surface area contributed by atoms with Gasteiger partial charge in [0, 0.05) is 30.4 Å². The maximum atomic E-state index is 12.4. The van der Waals surface area contributed by atoms with Gasteiger partial charge in [-0.3, -0.25) is 19.8 Å². The zero-order chi connectivity index (χ0) is 23.0. The number of carbonyl (C=O) groups excluding carboxylic acids is 3. The van der Waals surface area contributed by atoms with Crippen LogP contribution in [0.4, 0.5) is 17.1 Å². The van der Waals surface area contributed by atoms with Crippen LogP contribution in [0.25, 0.3) is 0 Å². The molecule has 0 atom stereocenters. The Morgan fingerprint density at radius 2 is 1.71 bits per heavy atom. The number of nitrogens with zero attached hydrogens (tertiary/aromatic N) is 1. The van der Waals surface area contributed by atoms with E-state index in [4.69, 9.17) is 10.9 Å². The number of amides is 2. The second-order valence-electron chi connectivity index (χ2n) is 6.41. The Kier molecular flexibility index (Phi) is 7.82. The number of nitrogens with two attached hydrogens (primary N) is 2. The maximum Gasteiger partial charge on any atom is 0.279 e. The first-order valence-corrected chi connectivity index (χ1v) is 10.7. The fourth-order valence-corrected chi connectivity index (χ4v) is 2.74. The van der Waals surface area contributed by atoms with Crippen LogP contribution in [-0.2, 0) is 19.6 Å². The maximum absolute atomic E-state index is 12.4. The van der Waals surface area contributed by atoms with E-state index in [-0.39, 0.29) is 17.8 Å².